The molecule has 0 amide bonds. The quantitative estimate of drug-likeness (QED) is 0.581. The van der Waals surface area contributed by atoms with E-state index in [9.17, 15) is 9.59 Å². The highest BCUT2D eigenvalue weighted by molar-refractivity contribution is 5.66. The molecule has 0 unspecified atom stereocenters. The second-order valence-corrected chi connectivity index (χ2v) is 9.56. The Morgan fingerprint density at radius 1 is 1.00 bits per heavy atom. The topological polar surface area (TPSA) is 89.2 Å². The molecule has 1 fully saturated rings. The van der Waals surface area contributed by atoms with Crippen LogP contribution >= 0.6 is 0 Å². The van der Waals surface area contributed by atoms with Crippen LogP contribution in [-0.2, 0) is 17.6 Å². The Hall–Kier alpha value is -3.19. The van der Waals surface area contributed by atoms with Gasteiger partial charge in [0.15, 0.2) is 5.82 Å². The zero-order chi connectivity index (χ0) is 23.5. The van der Waals surface area contributed by atoms with E-state index in [4.69, 9.17) is 10.2 Å². The first-order chi connectivity index (χ1) is 16.6. The zero-order valence-electron chi connectivity index (χ0n) is 19.4. The summed E-state index contributed by atoms with van der Waals surface area (Å²) in [6.07, 6.45) is 6.46. The zero-order valence-corrected chi connectivity index (χ0v) is 19.4. The SMILES string of the molecule is O=C(O)CCC1CCC(n2nc(-c3ccccc3)n(-c3ccc4c(c3)CCNCC4)c2=O)CC1. The van der Waals surface area contributed by atoms with Gasteiger partial charge < -0.3 is 10.4 Å². The lowest BCUT2D eigenvalue weighted by atomic mass is 9.83. The third kappa shape index (κ3) is 4.71. The molecule has 0 bridgehead atoms. The van der Waals surface area contributed by atoms with Gasteiger partial charge >= 0.3 is 11.7 Å². The number of hydrogen-bond acceptors (Lipinski definition) is 4. The summed E-state index contributed by atoms with van der Waals surface area (Å²) in [6, 6.07) is 16.3. The van der Waals surface area contributed by atoms with Crippen molar-refractivity contribution in [2.24, 2.45) is 5.92 Å². The van der Waals surface area contributed by atoms with Crippen LogP contribution in [0, 0.1) is 5.92 Å². The molecular weight excluding hydrogens is 428 g/mol. The summed E-state index contributed by atoms with van der Waals surface area (Å²) < 4.78 is 3.45. The second kappa shape index (κ2) is 9.97. The van der Waals surface area contributed by atoms with Gasteiger partial charge in [-0.2, -0.15) is 0 Å². The van der Waals surface area contributed by atoms with Crippen LogP contribution in [0.3, 0.4) is 0 Å². The molecule has 3 aromatic rings. The van der Waals surface area contributed by atoms with Crippen LogP contribution in [0.25, 0.3) is 17.1 Å². The molecule has 0 saturated heterocycles. The fourth-order valence-electron chi connectivity index (χ4n) is 5.43. The molecule has 2 aromatic carbocycles. The normalized spacial score (nSPS) is 20.5. The van der Waals surface area contributed by atoms with Gasteiger partial charge in [-0.15, -0.1) is 5.10 Å². The smallest absolute Gasteiger partial charge is 0.351 e. The van der Waals surface area contributed by atoms with Crippen LogP contribution in [0.15, 0.2) is 53.3 Å². The van der Waals surface area contributed by atoms with E-state index in [-0.39, 0.29) is 18.2 Å². The van der Waals surface area contributed by atoms with Crippen LogP contribution in [0.2, 0.25) is 0 Å². The predicted molar refractivity (Wildman–Crippen MR) is 131 cm³/mol. The number of nitrogens with zero attached hydrogens (tertiary/aromatic N) is 3. The summed E-state index contributed by atoms with van der Waals surface area (Å²) in [5.74, 6) is 0.350. The maximum atomic E-state index is 13.8. The highest BCUT2D eigenvalue weighted by atomic mass is 16.4. The number of benzene rings is 2. The van der Waals surface area contributed by atoms with Crippen LogP contribution < -0.4 is 11.0 Å². The summed E-state index contributed by atoms with van der Waals surface area (Å²) in [4.78, 5) is 24.7. The Labute approximate surface area is 199 Å². The molecule has 2 N–H and O–H groups in total. The first kappa shape index (κ1) is 22.6. The molecule has 5 rings (SSSR count). The molecule has 0 radical (unpaired) electrons. The van der Waals surface area contributed by atoms with Gasteiger partial charge in [0.05, 0.1) is 11.7 Å². The van der Waals surface area contributed by atoms with Crippen molar-refractivity contribution >= 4 is 5.97 Å². The van der Waals surface area contributed by atoms with Crippen molar-refractivity contribution in [2.45, 2.75) is 57.4 Å². The van der Waals surface area contributed by atoms with E-state index in [0.717, 1.165) is 62.9 Å². The Bertz CT molecular complexity index is 1210. The van der Waals surface area contributed by atoms with Gasteiger partial charge in [-0.25, -0.2) is 14.0 Å². The van der Waals surface area contributed by atoms with Crippen molar-refractivity contribution in [1.29, 1.82) is 0 Å². The highest BCUT2D eigenvalue weighted by Crippen LogP contribution is 2.34. The summed E-state index contributed by atoms with van der Waals surface area (Å²) in [5.41, 5.74) is 4.32. The molecule has 0 atom stereocenters. The van der Waals surface area contributed by atoms with Gasteiger partial charge in [0, 0.05) is 12.0 Å². The Kier molecular flexibility index (Phi) is 6.63. The molecular formula is C27H32N4O3. The Balaban J connectivity index is 1.49. The number of nitrogens with one attached hydrogen (secondary N) is 1. The fourth-order valence-corrected chi connectivity index (χ4v) is 5.43. The number of carboxylic acids is 1. The minimum absolute atomic E-state index is 0.0438. The Morgan fingerprint density at radius 2 is 1.74 bits per heavy atom. The number of aromatic nitrogens is 3. The van der Waals surface area contributed by atoms with Crippen molar-refractivity contribution in [3.63, 3.8) is 0 Å². The lowest BCUT2D eigenvalue weighted by Gasteiger charge is -2.27. The standard InChI is InChI=1S/C27H32N4O3/c32-25(33)13-8-19-6-10-23(11-7-19)31-27(34)30(26(29-31)21-4-2-1-3-5-21)24-12-9-20-14-16-28-17-15-22(20)18-24/h1-5,9,12,18-19,23,28H,6-8,10-11,13-17H2,(H,32,33). The molecule has 7 nitrogen and oxygen atoms in total. The van der Waals surface area contributed by atoms with E-state index in [2.05, 4.69) is 17.4 Å². The largest absolute Gasteiger partial charge is 0.481 e. The number of fused-ring (bicyclic) bond motifs is 1. The van der Waals surface area contributed by atoms with Gasteiger partial charge in [0.2, 0.25) is 0 Å². The van der Waals surface area contributed by atoms with E-state index < -0.39 is 5.97 Å². The number of hydrogen-bond donors (Lipinski definition) is 2. The number of aliphatic carboxylic acids is 1. The molecule has 7 heteroatoms. The third-order valence-electron chi connectivity index (χ3n) is 7.35. The van der Waals surface area contributed by atoms with E-state index >= 15 is 0 Å². The molecule has 1 aliphatic carbocycles. The fraction of sp³-hybridized carbons (Fsp3) is 0.444. The first-order valence-electron chi connectivity index (χ1n) is 12.4. The van der Waals surface area contributed by atoms with Crippen molar-refractivity contribution in [1.82, 2.24) is 19.7 Å². The maximum absolute atomic E-state index is 13.8. The van der Waals surface area contributed by atoms with Crippen LogP contribution in [0.4, 0.5) is 0 Å². The molecule has 1 saturated carbocycles. The summed E-state index contributed by atoms with van der Waals surface area (Å²) in [6.45, 7) is 1.93. The van der Waals surface area contributed by atoms with Crippen molar-refractivity contribution < 1.29 is 9.90 Å². The van der Waals surface area contributed by atoms with Crippen molar-refractivity contribution in [3.8, 4) is 17.1 Å². The second-order valence-electron chi connectivity index (χ2n) is 9.56. The molecule has 34 heavy (non-hydrogen) atoms. The van der Waals surface area contributed by atoms with Gasteiger partial charge in [-0.05, 0) is 87.2 Å². The summed E-state index contributed by atoms with van der Waals surface area (Å²) in [7, 11) is 0. The molecule has 2 heterocycles. The van der Waals surface area contributed by atoms with Crippen molar-refractivity contribution in [3.05, 3.63) is 70.1 Å². The monoisotopic (exact) mass is 460 g/mol. The predicted octanol–water partition coefficient (Wildman–Crippen LogP) is 3.99. The van der Waals surface area contributed by atoms with Gasteiger partial charge in [0.1, 0.15) is 0 Å². The summed E-state index contributed by atoms with van der Waals surface area (Å²) in [5, 5.41) is 17.3. The lowest BCUT2D eigenvalue weighted by molar-refractivity contribution is -0.137. The first-order valence-corrected chi connectivity index (χ1v) is 12.4. The average Bonchev–Trinajstić information content (AvgIpc) is 3.03. The van der Waals surface area contributed by atoms with Gasteiger partial charge in [0.25, 0.3) is 0 Å². The minimum Gasteiger partial charge on any atom is -0.481 e. The molecule has 1 aliphatic heterocycles. The van der Waals surface area contributed by atoms with Crippen LogP contribution in [0.5, 0.6) is 0 Å². The average molecular weight is 461 g/mol. The molecule has 0 spiro atoms. The number of rotatable bonds is 6. The Morgan fingerprint density at radius 3 is 2.47 bits per heavy atom. The third-order valence-corrected chi connectivity index (χ3v) is 7.35. The molecule has 2 aliphatic rings. The summed E-state index contributed by atoms with van der Waals surface area (Å²) >= 11 is 0. The van der Waals surface area contributed by atoms with E-state index in [1.165, 1.54) is 11.1 Å². The van der Waals surface area contributed by atoms with E-state index in [1.807, 2.05) is 36.4 Å². The van der Waals surface area contributed by atoms with Gasteiger partial charge in [-0.1, -0.05) is 36.4 Å². The molecule has 178 valence electrons. The van der Waals surface area contributed by atoms with Crippen LogP contribution in [0.1, 0.15) is 55.7 Å². The molecule has 1 aromatic heterocycles. The highest BCUT2D eigenvalue weighted by Gasteiger charge is 2.27. The van der Waals surface area contributed by atoms with Gasteiger partial charge in [-0.3, -0.25) is 4.79 Å². The lowest BCUT2D eigenvalue weighted by Crippen LogP contribution is -2.30. The number of carbonyl (C=O) groups is 1. The number of carboxylic acid groups (broad SMARTS) is 1. The minimum atomic E-state index is -0.735. The van der Waals surface area contributed by atoms with E-state index in [1.54, 1.807) is 9.25 Å². The van der Waals surface area contributed by atoms with Crippen molar-refractivity contribution in [2.75, 3.05) is 13.1 Å². The van der Waals surface area contributed by atoms with E-state index in [0.29, 0.717) is 18.2 Å². The van der Waals surface area contributed by atoms with Crippen LogP contribution in [-0.4, -0.2) is 38.5 Å². The maximum Gasteiger partial charge on any atom is 0.351 e.